The highest BCUT2D eigenvalue weighted by molar-refractivity contribution is 8.00. The lowest BCUT2D eigenvalue weighted by molar-refractivity contribution is -0.119. The van der Waals surface area contributed by atoms with Crippen LogP contribution in [0.4, 0.5) is 0 Å². The topological polar surface area (TPSA) is 38.3 Å². The van der Waals surface area contributed by atoms with Crippen LogP contribution in [0.1, 0.15) is 31.9 Å². The van der Waals surface area contributed by atoms with Gasteiger partial charge in [0.05, 0.1) is 18.9 Å². The molecule has 0 saturated carbocycles. The van der Waals surface area contributed by atoms with E-state index < -0.39 is 0 Å². The lowest BCUT2D eigenvalue weighted by Crippen LogP contribution is -2.30. The van der Waals surface area contributed by atoms with Gasteiger partial charge in [-0.15, -0.1) is 11.8 Å². The summed E-state index contributed by atoms with van der Waals surface area (Å²) < 4.78 is 5.14. The molecule has 0 saturated heterocycles. The van der Waals surface area contributed by atoms with Gasteiger partial charge in [-0.1, -0.05) is 44.2 Å². The minimum atomic E-state index is 0.0605. The summed E-state index contributed by atoms with van der Waals surface area (Å²) in [7, 11) is 1.65. The fourth-order valence-corrected chi connectivity index (χ4v) is 3.20. The predicted molar refractivity (Wildman–Crippen MR) is 100 cm³/mol. The van der Waals surface area contributed by atoms with Crippen LogP contribution < -0.4 is 10.1 Å². The summed E-state index contributed by atoms with van der Waals surface area (Å²) in [4.78, 5) is 13.4. The van der Waals surface area contributed by atoms with Gasteiger partial charge in [-0.3, -0.25) is 4.79 Å². The molecule has 1 atom stereocenters. The number of rotatable bonds is 8. The molecule has 1 N–H and O–H groups in total. The van der Waals surface area contributed by atoms with Crippen molar-refractivity contribution in [2.45, 2.75) is 31.2 Å². The van der Waals surface area contributed by atoms with Gasteiger partial charge < -0.3 is 10.1 Å². The van der Waals surface area contributed by atoms with E-state index in [9.17, 15) is 4.79 Å². The second-order valence-electron chi connectivity index (χ2n) is 6.12. The Morgan fingerprint density at radius 1 is 1.08 bits per heavy atom. The zero-order valence-corrected chi connectivity index (χ0v) is 15.3. The Bertz CT molecular complexity index is 626. The van der Waals surface area contributed by atoms with Crippen molar-refractivity contribution in [3.63, 3.8) is 0 Å². The molecular formula is C20H25NO2S. The lowest BCUT2D eigenvalue weighted by Gasteiger charge is -2.21. The Balaban J connectivity index is 1.92. The molecule has 1 unspecified atom stereocenters. The van der Waals surface area contributed by atoms with Gasteiger partial charge in [0.15, 0.2) is 0 Å². The largest absolute Gasteiger partial charge is 0.497 e. The number of hydrogen-bond acceptors (Lipinski definition) is 3. The summed E-state index contributed by atoms with van der Waals surface area (Å²) in [6, 6.07) is 18.0. The van der Waals surface area contributed by atoms with Gasteiger partial charge in [-0.2, -0.15) is 0 Å². The van der Waals surface area contributed by atoms with E-state index in [-0.39, 0.29) is 11.9 Å². The van der Waals surface area contributed by atoms with Crippen molar-refractivity contribution in [1.29, 1.82) is 0 Å². The first-order valence-electron chi connectivity index (χ1n) is 8.19. The van der Waals surface area contributed by atoms with Crippen molar-refractivity contribution >= 4 is 17.7 Å². The van der Waals surface area contributed by atoms with Crippen molar-refractivity contribution in [2.24, 2.45) is 5.92 Å². The van der Waals surface area contributed by atoms with E-state index in [2.05, 4.69) is 31.3 Å². The van der Waals surface area contributed by atoms with Crippen LogP contribution in [-0.4, -0.2) is 18.8 Å². The fourth-order valence-electron chi connectivity index (χ4n) is 2.49. The summed E-state index contributed by atoms with van der Waals surface area (Å²) in [6.45, 7) is 4.35. The summed E-state index contributed by atoms with van der Waals surface area (Å²) in [5, 5.41) is 3.17. The molecule has 2 aromatic rings. The third-order valence-electron chi connectivity index (χ3n) is 3.67. The average Bonchev–Trinajstić information content (AvgIpc) is 2.60. The zero-order valence-electron chi connectivity index (χ0n) is 14.5. The Morgan fingerprint density at radius 3 is 2.33 bits per heavy atom. The summed E-state index contributed by atoms with van der Waals surface area (Å²) in [6.07, 6.45) is 0.933. The van der Waals surface area contributed by atoms with Crippen LogP contribution in [0.2, 0.25) is 0 Å². The van der Waals surface area contributed by atoms with E-state index in [0.717, 1.165) is 22.6 Å². The van der Waals surface area contributed by atoms with Crippen LogP contribution in [0.25, 0.3) is 0 Å². The van der Waals surface area contributed by atoms with Crippen LogP contribution in [-0.2, 0) is 4.79 Å². The van der Waals surface area contributed by atoms with E-state index in [0.29, 0.717) is 11.7 Å². The van der Waals surface area contributed by atoms with E-state index in [4.69, 9.17) is 4.74 Å². The van der Waals surface area contributed by atoms with Gasteiger partial charge in [0, 0.05) is 4.90 Å². The molecular weight excluding hydrogens is 318 g/mol. The third kappa shape index (κ3) is 5.93. The minimum Gasteiger partial charge on any atom is -0.497 e. The van der Waals surface area contributed by atoms with Crippen LogP contribution in [0.15, 0.2) is 59.5 Å². The number of methoxy groups -OCH3 is 1. The highest BCUT2D eigenvalue weighted by Gasteiger charge is 2.16. The van der Waals surface area contributed by atoms with E-state index in [1.807, 2.05) is 42.5 Å². The number of carbonyl (C=O) groups excluding carboxylic acids is 1. The van der Waals surface area contributed by atoms with E-state index >= 15 is 0 Å². The number of thioether (sulfide) groups is 1. The normalized spacial score (nSPS) is 12.0. The predicted octanol–water partition coefficient (Wildman–Crippen LogP) is 4.69. The highest BCUT2D eigenvalue weighted by atomic mass is 32.2. The summed E-state index contributed by atoms with van der Waals surface area (Å²) in [5.74, 6) is 1.81. The highest BCUT2D eigenvalue weighted by Crippen LogP contribution is 2.23. The molecule has 0 aliphatic heterocycles. The number of ether oxygens (including phenoxy) is 1. The maximum Gasteiger partial charge on any atom is 0.230 e. The molecule has 0 fully saturated rings. The molecule has 4 heteroatoms. The molecule has 0 bridgehead atoms. The molecule has 0 aliphatic carbocycles. The van der Waals surface area contributed by atoms with E-state index in [1.165, 1.54) is 11.8 Å². The average molecular weight is 343 g/mol. The van der Waals surface area contributed by atoms with Gasteiger partial charge in [0.1, 0.15) is 5.75 Å². The maximum atomic E-state index is 12.3. The first-order valence-corrected chi connectivity index (χ1v) is 9.18. The summed E-state index contributed by atoms with van der Waals surface area (Å²) in [5.41, 5.74) is 1.16. The number of hydrogen-bond donors (Lipinski definition) is 1. The third-order valence-corrected chi connectivity index (χ3v) is 4.69. The van der Waals surface area contributed by atoms with Crippen LogP contribution in [0.5, 0.6) is 5.75 Å². The van der Waals surface area contributed by atoms with Gasteiger partial charge >= 0.3 is 0 Å². The van der Waals surface area contributed by atoms with Gasteiger partial charge in [-0.05, 0) is 42.2 Å². The maximum absolute atomic E-state index is 12.3. The van der Waals surface area contributed by atoms with Crippen molar-refractivity contribution in [3.8, 4) is 5.75 Å². The van der Waals surface area contributed by atoms with Crippen molar-refractivity contribution < 1.29 is 9.53 Å². The second kappa shape index (κ2) is 9.38. The fraction of sp³-hybridized carbons (Fsp3) is 0.350. The van der Waals surface area contributed by atoms with Crippen molar-refractivity contribution in [3.05, 3.63) is 60.2 Å². The first-order chi connectivity index (χ1) is 11.6. The van der Waals surface area contributed by atoms with Gasteiger partial charge in [-0.25, -0.2) is 0 Å². The van der Waals surface area contributed by atoms with Crippen LogP contribution in [0.3, 0.4) is 0 Å². The standard InChI is InChI=1S/C20H25NO2S/c1-15(2)13-19(16-7-5-4-6-8-16)21-20(22)14-24-18-11-9-17(23-3)10-12-18/h4-12,15,19H,13-14H2,1-3H3,(H,21,22). The van der Waals surface area contributed by atoms with Crippen LogP contribution in [0, 0.1) is 5.92 Å². The molecule has 2 rings (SSSR count). The van der Waals surface area contributed by atoms with Gasteiger partial charge in [0.25, 0.3) is 0 Å². The number of carbonyl (C=O) groups is 1. The molecule has 0 spiro atoms. The minimum absolute atomic E-state index is 0.0605. The second-order valence-corrected chi connectivity index (χ2v) is 7.17. The molecule has 0 aromatic heterocycles. The first kappa shape index (κ1) is 18.4. The zero-order chi connectivity index (χ0) is 17.4. The number of benzene rings is 2. The molecule has 24 heavy (non-hydrogen) atoms. The molecule has 3 nitrogen and oxygen atoms in total. The van der Waals surface area contributed by atoms with Crippen LogP contribution >= 0.6 is 11.8 Å². The number of amides is 1. The smallest absolute Gasteiger partial charge is 0.230 e. The molecule has 128 valence electrons. The monoisotopic (exact) mass is 343 g/mol. The molecule has 0 aliphatic rings. The molecule has 0 radical (unpaired) electrons. The Hall–Kier alpha value is -1.94. The van der Waals surface area contributed by atoms with E-state index in [1.54, 1.807) is 7.11 Å². The Kier molecular flexibility index (Phi) is 7.19. The Labute approximate surface area is 148 Å². The molecule has 1 amide bonds. The summed E-state index contributed by atoms with van der Waals surface area (Å²) >= 11 is 1.54. The van der Waals surface area contributed by atoms with Crippen molar-refractivity contribution in [2.75, 3.05) is 12.9 Å². The van der Waals surface area contributed by atoms with Gasteiger partial charge in [0.2, 0.25) is 5.91 Å². The quantitative estimate of drug-likeness (QED) is 0.707. The Morgan fingerprint density at radius 2 is 1.75 bits per heavy atom. The number of nitrogens with one attached hydrogen (secondary N) is 1. The van der Waals surface area contributed by atoms with Crippen molar-refractivity contribution in [1.82, 2.24) is 5.32 Å². The molecule has 0 heterocycles. The lowest BCUT2D eigenvalue weighted by atomic mass is 9.97. The SMILES string of the molecule is COc1ccc(SCC(=O)NC(CC(C)C)c2ccccc2)cc1. The molecule has 2 aromatic carbocycles.